The molecule has 0 saturated carbocycles. The van der Waals surface area contributed by atoms with Crippen LogP contribution in [0.25, 0.3) is 5.00 Å². The van der Waals surface area contributed by atoms with E-state index < -0.39 is 0 Å². The van der Waals surface area contributed by atoms with Gasteiger partial charge in [0.05, 0.1) is 25.8 Å². The fourth-order valence-electron chi connectivity index (χ4n) is 5.18. The Kier molecular flexibility index (Phi) is 4.85. The topological polar surface area (TPSA) is 72.3 Å². The molecule has 166 valence electrons. The van der Waals surface area contributed by atoms with Crippen molar-refractivity contribution in [1.82, 2.24) is 25.0 Å². The van der Waals surface area contributed by atoms with E-state index in [0.717, 1.165) is 28.6 Å². The van der Waals surface area contributed by atoms with Crippen LogP contribution >= 0.6 is 11.3 Å². The SMILES string of the molecule is Cc1nnc2n1-c1sc3c(c1C(c1ccccc1F)NC2)CC(C(=O)N1CCOCC1)C3. The lowest BCUT2D eigenvalue weighted by Gasteiger charge is -2.29. The Bertz CT molecular complexity index is 1200. The van der Waals surface area contributed by atoms with Gasteiger partial charge in [0.1, 0.15) is 16.6 Å². The summed E-state index contributed by atoms with van der Waals surface area (Å²) in [6.07, 6.45) is 1.41. The number of hydrogen-bond donors (Lipinski definition) is 1. The van der Waals surface area contributed by atoms with Crippen LogP contribution in [0.2, 0.25) is 0 Å². The van der Waals surface area contributed by atoms with E-state index >= 15 is 0 Å². The monoisotopic (exact) mass is 453 g/mol. The van der Waals surface area contributed by atoms with Crippen molar-refractivity contribution in [3.05, 3.63) is 63.3 Å². The molecule has 2 unspecified atom stereocenters. The molecule has 9 heteroatoms. The molecule has 7 nitrogen and oxygen atoms in total. The lowest BCUT2D eigenvalue weighted by molar-refractivity contribution is -0.139. The summed E-state index contributed by atoms with van der Waals surface area (Å²) < 4.78 is 22.4. The lowest BCUT2D eigenvalue weighted by Crippen LogP contribution is -2.44. The number of halogens is 1. The van der Waals surface area contributed by atoms with Gasteiger partial charge in [-0.1, -0.05) is 18.2 Å². The van der Waals surface area contributed by atoms with E-state index in [1.54, 1.807) is 17.4 Å². The van der Waals surface area contributed by atoms with Crippen molar-refractivity contribution < 1.29 is 13.9 Å². The zero-order valence-corrected chi connectivity index (χ0v) is 18.6. The molecule has 32 heavy (non-hydrogen) atoms. The van der Waals surface area contributed by atoms with Crippen molar-refractivity contribution >= 4 is 17.2 Å². The molecule has 0 radical (unpaired) electrons. The Balaban J connectivity index is 1.43. The van der Waals surface area contributed by atoms with E-state index in [-0.39, 0.29) is 23.7 Å². The number of rotatable bonds is 2. The third-order valence-corrected chi connectivity index (χ3v) is 7.99. The van der Waals surface area contributed by atoms with E-state index in [1.807, 2.05) is 24.0 Å². The number of aryl methyl sites for hydroxylation is 1. The largest absolute Gasteiger partial charge is 0.378 e. The predicted octanol–water partition coefficient (Wildman–Crippen LogP) is 2.54. The third kappa shape index (κ3) is 3.10. The van der Waals surface area contributed by atoms with E-state index in [4.69, 9.17) is 4.74 Å². The zero-order chi connectivity index (χ0) is 21.8. The average Bonchev–Trinajstić information content (AvgIpc) is 3.45. The molecule has 2 atom stereocenters. The van der Waals surface area contributed by atoms with Crippen LogP contribution in [0.1, 0.15) is 39.3 Å². The molecule has 2 aromatic heterocycles. The fourth-order valence-corrected chi connectivity index (χ4v) is 6.69. The van der Waals surface area contributed by atoms with Crippen molar-refractivity contribution in [1.29, 1.82) is 0 Å². The van der Waals surface area contributed by atoms with Crippen LogP contribution in [0.3, 0.4) is 0 Å². The summed E-state index contributed by atoms with van der Waals surface area (Å²) in [4.78, 5) is 16.3. The summed E-state index contributed by atoms with van der Waals surface area (Å²) in [5, 5.41) is 13.2. The molecule has 1 amide bonds. The number of thiophene rings is 1. The molecule has 1 fully saturated rings. The molecular formula is C23H24FN5O2S. The highest BCUT2D eigenvalue weighted by Gasteiger charge is 2.39. The van der Waals surface area contributed by atoms with Crippen molar-refractivity contribution in [3.8, 4) is 5.00 Å². The number of hydrogen-bond acceptors (Lipinski definition) is 6. The first kappa shape index (κ1) is 20.0. The average molecular weight is 454 g/mol. The molecule has 3 aromatic rings. The quantitative estimate of drug-likeness (QED) is 0.646. The molecular weight excluding hydrogens is 429 g/mol. The zero-order valence-electron chi connectivity index (χ0n) is 17.8. The lowest BCUT2D eigenvalue weighted by atomic mass is 9.94. The number of morpholine rings is 1. The molecule has 3 aliphatic rings. The normalized spacial score (nSPS) is 22.2. The van der Waals surface area contributed by atoms with Gasteiger partial charge < -0.3 is 9.64 Å². The second kappa shape index (κ2) is 7.75. The fraction of sp³-hybridized carbons (Fsp3) is 0.435. The number of carbonyl (C=O) groups is 1. The van der Waals surface area contributed by atoms with E-state index in [9.17, 15) is 9.18 Å². The van der Waals surface area contributed by atoms with Gasteiger partial charge in [0, 0.05) is 35.0 Å². The summed E-state index contributed by atoms with van der Waals surface area (Å²) in [6, 6.07) is 6.62. The van der Waals surface area contributed by atoms with Crippen LogP contribution < -0.4 is 5.32 Å². The molecule has 1 aromatic carbocycles. The second-order valence-corrected chi connectivity index (χ2v) is 9.68. The van der Waals surface area contributed by atoms with Crippen LogP contribution in [-0.2, 0) is 28.9 Å². The van der Waals surface area contributed by atoms with Crippen LogP contribution in [0, 0.1) is 18.7 Å². The smallest absolute Gasteiger partial charge is 0.226 e. The highest BCUT2D eigenvalue weighted by atomic mass is 32.1. The summed E-state index contributed by atoms with van der Waals surface area (Å²) >= 11 is 1.70. The van der Waals surface area contributed by atoms with Gasteiger partial charge in [-0.3, -0.25) is 14.7 Å². The summed E-state index contributed by atoms with van der Waals surface area (Å²) in [6.45, 7) is 4.95. The predicted molar refractivity (Wildman–Crippen MR) is 117 cm³/mol. The Morgan fingerprint density at radius 2 is 2.03 bits per heavy atom. The maximum Gasteiger partial charge on any atom is 0.226 e. The molecule has 4 heterocycles. The number of nitrogens with zero attached hydrogens (tertiary/aromatic N) is 4. The summed E-state index contributed by atoms with van der Waals surface area (Å²) in [5.74, 6) is 1.55. The standard InChI is InChI=1S/C23H24FN5O2S/c1-13-26-27-19-12-25-21(15-4-2-3-5-17(15)24)20-16-10-14(11-18(16)32-23(20)29(13)19)22(30)28-6-8-31-9-7-28/h2-5,14,21,25H,6-12H2,1H3. The maximum atomic E-state index is 14.9. The molecule has 0 spiro atoms. The van der Waals surface area contributed by atoms with Crippen LogP contribution in [0.4, 0.5) is 4.39 Å². The van der Waals surface area contributed by atoms with Gasteiger partial charge in [-0.05, 0) is 31.4 Å². The third-order valence-electron chi connectivity index (χ3n) is 6.73. The summed E-state index contributed by atoms with van der Waals surface area (Å²) in [5.41, 5.74) is 2.86. The number of aromatic nitrogens is 3. The van der Waals surface area contributed by atoms with Gasteiger partial charge >= 0.3 is 0 Å². The maximum absolute atomic E-state index is 14.9. The Morgan fingerprint density at radius 3 is 2.84 bits per heavy atom. The summed E-state index contributed by atoms with van der Waals surface area (Å²) in [7, 11) is 0. The number of fused-ring (bicyclic) bond motifs is 5. The molecule has 1 saturated heterocycles. The highest BCUT2D eigenvalue weighted by molar-refractivity contribution is 7.15. The van der Waals surface area contributed by atoms with Crippen molar-refractivity contribution in [2.24, 2.45) is 5.92 Å². The molecule has 0 bridgehead atoms. The number of carbonyl (C=O) groups excluding carboxylic acids is 1. The van der Waals surface area contributed by atoms with Crippen molar-refractivity contribution in [2.45, 2.75) is 32.4 Å². The first-order chi connectivity index (χ1) is 15.6. The number of benzene rings is 1. The Morgan fingerprint density at radius 1 is 1.22 bits per heavy atom. The van der Waals surface area contributed by atoms with Crippen LogP contribution in [0.15, 0.2) is 24.3 Å². The second-order valence-electron chi connectivity index (χ2n) is 8.60. The first-order valence-corrected chi connectivity index (χ1v) is 11.8. The van der Waals surface area contributed by atoms with Gasteiger partial charge in [0.25, 0.3) is 0 Å². The molecule has 1 aliphatic carbocycles. The van der Waals surface area contributed by atoms with E-state index in [0.29, 0.717) is 44.8 Å². The van der Waals surface area contributed by atoms with Gasteiger partial charge in [0.2, 0.25) is 5.91 Å². The van der Waals surface area contributed by atoms with E-state index in [2.05, 4.69) is 20.1 Å². The van der Waals surface area contributed by atoms with Gasteiger partial charge in [0.15, 0.2) is 5.82 Å². The van der Waals surface area contributed by atoms with Crippen LogP contribution in [0.5, 0.6) is 0 Å². The highest BCUT2D eigenvalue weighted by Crippen LogP contribution is 2.46. The minimum absolute atomic E-state index is 0.0642. The number of nitrogens with one attached hydrogen (secondary N) is 1. The van der Waals surface area contributed by atoms with Gasteiger partial charge in [-0.15, -0.1) is 21.5 Å². The molecule has 2 aliphatic heterocycles. The molecule has 1 N–H and O–H groups in total. The van der Waals surface area contributed by atoms with E-state index in [1.165, 1.54) is 16.5 Å². The Hall–Kier alpha value is -2.62. The van der Waals surface area contributed by atoms with Gasteiger partial charge in [-0.2, -0.15) is 0 Å². The first-order valence-electron chi connectivity index (χ1n) is 11.0. The minimum atomic E-state index is -0.301. The minimum Gasteiger partial charge on any atom is -0.378 e. The van der Waals surface area contributed by atoms with Crippen LogP contribution in [-0.4, -0.2) is 51.9 Å². The Labute approximate surface area is 189 Å². The van der Waals surface area contributed by atoms with Crippen molar-refractivity contribution in [3.63, 3.8) is 0 Å². The van der Waals surface area contributed by atoms with Gasteiger partial charge in [-0.25, -0.2) is 4.39 Å². The number of ether oxygens (including phenoxy) is 1. The molecule has 6 rings (SSSR count). The van der Waals surface area contributed by atoms with Crippen molar-refractivity contribution in [2.75, 3.05) is 26.3 Å². The number of amides is 1.